The standard InChI is InChI=1S/C58H34OS/c1-2-15-35(16-3-1)54-39-18-4-6-20-41(39)55(42-21-7-5-19-40(42)54)36-29-31-50-49(34-36)58-47(26-14-27-51(58)59-50)57-45-24-10-8-22-43(45)56(44-23-9-11-25-46(44)57)37-30-32-53-48(33-37)38-17-12-13-28-52(38)60-53/h1-34H. The lowest BCUT2D eigenvalue weighted by Gasteiger charge is -2.18. The van der Waals surface area contributed by atoms with Crippen LogP contribution in [0.2, 0.25) is 0 Å². The number of hydrogen-bond acceptors (Lipinski definition) is 2. The van der Waals surface area contributed by atoms with Crippen LogP contribution in [0.5, 0.6) is 0 Å². The van der Waals surface area contributed by atoms with Crippen molar-refractivity contribution in [3.63, 3.8) is 0 Å². The molecule has 11 aromatic carbocycles. The summed E-state index contributed by atoms with van der Waals surface area (Å²) in [6.07, 6.45) is 0. The fourth-order valence-electron chi connectivity index (χ4n) is 10.2. The Bertz CT molecular complexity index is 3770. The van der Waals surface area contributed by atoms with Gasteiger partial charge in [-0.25, -0.2) is 0 Å². The number of rotatable bonds is 4. The van der Waals surface area contributed by atoms with Gasteiger partial charge in [0, 0.05) is 30.9 Å². The first-order valence-corrected chi connectivity index (χ1v) is 21.4. The molecular weight excluding hydrogens is 745 g/mol. The highest BCUT2D eigenvalue weighted by atomic mass is 32.1. The van der Waals surface area contributed by atoms with Crippen LogP contribution in [0, 0.1) is 0 Å². The normalized spacial score (nSPS) is 12.0. The molecular formula is C58H34OS. The van der Waals surface area contributed by atoms with Crippen molar-refractivity contribution in [2.45, 2.75) is 0 Å². The van der Waals surface area contributed by atoms with Gasteiger partial charge in [-0.3, -0.25) is 0 Å². The molecule has 2 heteroatoms. The first kappa shape index (κ1) is 33.5. The number of thiophene rings is 1. The van der Waals surface area contributed by atoms with E-state index < -0.39 is 0 Å². The third kappa shape index (κ3) is 4.86. The summed E-state index contributed by atoms with van der Waals surface area (Å²) < 4.78 is 9.38. The van der Waals surface area contributed by atoms with E-state index in [1.165, 1.54) is 108 Å². The summed E-state index contributed by atoms with van der Waals surface area (Å²) in [5, 5.41) is 14.8. The fourth-order valence-corrected chi connectivity index (χ4v) is 11.2. The molecule has 278 valence electrons. The van der Waals surface area contributed by atoms with E-state index in [0.29, 0.717) is 0 Å². The second kappa shape index (κ2) is 13.0. The maximum absolute atomic E-state index is 6.74. The smallest absolute Gasteiger partial charge is 0.136 e. The molecule has 2 heterocycles. The molecule has 60 heavy (non-hydrogen) atoms. The van der Waals surface area contributed by atoms with E-state index >= 15 is 0 Å². The Morgan fingerprint density at radius 2 is 0.717 bits per heavy atom. The van der Waals surface area contributed by atoms with Gasteiger partial charge in [0.2, 0.25) is 0 Å². The van der Waals surface area contributed by atoms with Crippen molar-refractivity contribution in [3.8, 4) is 44.5 Å². The monoisotopic (exact) mass is 778 g/mol. The van der Waals surface area contributed by atoms with Crippen LogP contribution in [-0.2, 0) is 0 Å². The molecule has 0 spiro atoms. The molecule has 0 bridgehead atoms. The first-order chi connectivity index (χ1) is 29.8. The van der Waals surface area contributed by atoms with Gasteiger partial charge < -0.3 is 4.42 Å². The third-order valence-corrected chi connectivity index (χ3v) is 13.8. The van der Waals surface area contributed by atoms with E-state index in [2.05, 4.69) is 206 Å². The summed E-state index contributed by atoms with van der Waals surface area (Å²) in [4.78, 5) is 0. The Kier molecular flexibility index (Phi) is 7.24. The molecule has 0 saturated heterocycles. The van der Waals surface area contributed by atoms with Crippen LogP contribution in [0.3, 0.4) is 0 Å². The molecule has 0 fully saturated rings. The minimum atomic E-state index is 0.886. The molecule has 0 N–H and O–H groups in total. The fraction of sp³-hybridized carbons (Fsp3) is 0. The molecule has 0 radical (unpaired) electrons. The minimum absolute atomic E-state index is 0.886. The average Bonchev–Trinajstić information content (AvgIpc) is 3.88. The van der Waals surface area contributed by atoms with Gasteiger partial charge in [0.1, 0.15) is 11.2 Å². The summed E-state index contributed by atoms with van der Waals surface area (Å²) in [6, 6.07) is 75.7. The maximum Gasteiger partial charge on any atom is 0.136 e. The zero-order valence-electron chi connectivity index (χ0n) is 32.4. The second-order valence-corrected chi connectivity index (χ2v) is 16.9. The van der Waals surface area contributed by atoms with E-state index in [1.54, 1.807) is 0 Å². The van der Waals surface area contributed by atoms with Crippen LogP contribution >= 0.6 is 11.3 Å². The van der Waals surface area contributed by atoms with E-state index in [9.17, 15) is 0 Å². The van der Waals surface area contributed by atoms with Crippen LogP contribution in [0.4, 0.5) is 0 Å². The van der Waals surface area contributed by atoms with Gasteiger partial charge in [0.25, 0.3) is 0 Å². The lowest BCUT2D eigenvalue weighted by molar-refractivity contribution is 0.669. The summed E-state index contributed by atoms with van der Waals surface area (Å²) in [6.45, 7) is 0. The number of furan rings is 1. The molecule has 1 nitrogen and oxygen atoms in total. The van der Waals surface area contributed by atoms with E-state index in [0.717, 1.165) is 21.9 Å². The average molecular weight is 779 g/mol. The Balaban J connectivity index is 1.08. The van der Waals surface area contributed by atoms with Crippen molar-refractivity contribution < 1.29 is 4.42 Å². The van der Waals surface area contributed by atoms with E-state index in [4.69, 9.17) is 4.42 Å². The number of fused-ring (bicyclic) bond motifs is 10. The summed E-state index contributed by atoms with van der Waals surface area (Å²) in [5.74, 6) is 0. The highest BCUT2D eigenvalue weighted by molar-refractivity contribution is 7.25. The highest BCUT2D eigenvalue weighted by Gasteiger charge is 2.22. The molecule has 0 aliphatic rings. The Labute approximate surface area is 350 Å². The van der Waals surface area contributed by atoms with Crippen molar-refractivity contribution in [3.05, 3.63) is 206 Å². The summed E-state index contributed by atoms with van der Waals surface area (Å²) in [5.41, 5.74) is 11.6. The predicted molar refractivity (Wildman–Crippen MR) is 258 cm³/mol. The molecule has 0 amide bonds. The topological polar surface area (TPSA) is 13.1 Å². The van der Waals surface area contributed by atoms with Gasteiger partial charge in [0.05, 0.1) is 0 Å². The van der Waals surface area contributed by atoms with Crippen molar-refractivity contribution in [1.82, 2.24) is 0 Å². The summed E-state index contributed by atoms with van der Waals surface area (Å²) in [7, 11) is 0. The number of benzene rings is 11. The van der Waals surface area contributed by atoms with Crippen molar-refractivity contribution in [2.24, 2.45) is 0 Å². The predicted octanol–water partition coefficient (Wildman–Crippen LogP) is 17.2. The lowest BCUT2D eigenvalue weighted by Crippen LogP contribution is -1.91. The Hall–Kier alpha value is -7.52. The number of hydrogen-bond donors (Lipinski definition) is 0. The molecule has 0 aliphatic carbocycles. The highest BCUT2D eigenvalue weighted by Crippen LogP contribution is 2.49. The zero-order chi connectivity index (χ0) is 39.3. The van der Waals surface area contributed by atoms with Gasteiger partial charge in [-0.1, -0.05) is 170 Å². The SMILES string of the molecule is c1ccc(-c2c3ccccc3c(-c3ccc4oc5cccc(-c6c7ccccc7c(-c7ccc8sc9ccccc9c8c7)c7ccccc67)c5c4c3)c3ccccc23)cc1. The second-order valence-electron chi connectivity index (χ2n) is 15.8. The van der Waals surface area contributed by atoms with Crippen LogP contribution < -0.4 is 0 Å². The van der Waals surface area contributed by atoms with E-state index in [-0.39, 0.29) is 0 Å². The zero-order valence-corrected chi connectivity index (χ0v) is 33.3. The molecule has 13 aromatic rings. The van der Waals surface area contributed by atoms with Crippen molar-refractivity contribution in [1.29, 1.82) is 0 Å². The lowest BCUT2D eigenvalue weighted by atomic mass is 9.84. The van der Waals surface area contributed by atoms with Crippen LogP contribution in [0.25, 0.3) is 130 Å². The van der Waals surface area contributed by atoms with Crippen molar-refractivity contribution >= 4 is 96.5 Å². The van der Waals surface area contributed by atoms with E-state index in [1.807, 2.05) is 11.3 Å². The molecule has 0 unspecified atom stereocenters. The Morgan fingerprint density at radius 3 is 1.30 bits per heavy atom. The summed E-state index contributed by atoms with van der Waals surface area (Å²) >= 11 is 1.87. The molecule has 0 saturated carbocycles. The van der Waals surface area contributed by atoms with Crippen LogP contribution in [0.1, 0.15) is 0 Å². The van der Waals surface area contributed by atoms with Gasteiger partial charge in [-0.2, -0.15) is 0 Å². The van der Waals surface area contributed by atoms with Gasteiger partial charge >= 0.3 is 0 Å². The van der Waals surface area contributed by atoms with Gasteiger partial charge in [-0.15, -0.1) is 11.3 Å². The molecule has 2 aromatic heterocycles. The molecule has 13 rings (SSSR count). The molecule has 0 atom stereocenters. The van der Waals surface area contributed by atoms with Crippen LogP contribution in [-0.4, -0.2) is 0 Å². The minimum Gasteiger partial charge on any atom is -0.456 e. The van der Waals surface area contributed by atoms with Gasteiger partial charge in [0.15, 0.2) is 0 Å². The largest absolute Gasteiger partial charge is 0.456 e. The van der Waals surface area contributed by atoms with Crippen LogP contribution in [0.15, 0.2) is 211 Å². The third-order valence-electron chi connectivity index (χ3n) is 12.6. The van der Waals surface area contributed by atoms with Gasteiger partial charge in [-0.05, 0) is 124 Å². The Morgan fingerprint density at radius 1 is 0.267 bits per heavy atom. The first-order valence-electron chi connectivity index (χ1n) is 20.6. The molecule has 0 aliphatic heterocycles. The quantitative estimate of drug-likeness (QED) is 0.162. The maximum atomic E-state index is 6.74. The van der Waals surface area contributed by atoms with Crippen molar-refractivity contribution in [2.75, 3.05) is 0 Å².